The third kappa shape index (κ3) is 5.00. The highest BCUT2D eigenvalue weighted by Crippen LogP contribution is 2.25. The number of aromatic nitrogens is 4. The van der Waals surface area contributed by atoms with E-state index in [1.54, 1.807) is 17.0 Å². The molecule has 3 heterocycles. The van der Waals surface area contributed by atoms with E-state index < -0.39 is 8.07 Å². The molecule has 0 fully saturated rings. The summed E-state index contributed by atoms with van der Waals surface area (Å²) in [4.78, 5) is 24.1. The van der Waals surface area contributed by atoms with E-state index in [1.165, 1.54) is 11.1 Å². The van der Waals surface area contributed by atoms with Crippen LogP contribution in [0, 0.1) is 11.5 Å². The van der Waals surface area contributed by atoms with Crippen LogP contribution in [-0.4, -0.2) is 51.6 Å². The Kier molecular flexibility index (Phi) is 5.88. The molecule has 5 rings (SSSR count). The molecule has 7 nitrogen and oxygen atoms in total. The summed E-state index contributed by atoms with van der Waals surface area (Å²) in [6, 6.07) is 12.4. The number of hydrogen-bond donors (Lipinski definition) is 1. The van der Waals surface area contributed by atoms with Crippen molar-refractivity contribution in [1.29, 1.82) is 0 Å². The van der Waals surface area contributed by atoms with Crippen molar-refractivity contribution in [3.8, 4) is 11.5 Å². The highest BCUT2D eigenvalue weighted by Gasteiger charge is 2.26. The first-order chi connectivity index (χ1) is 16.3. The smallest absolute Gasteiger partial charge is 0.274 e. The highest BCUT2D eigenvalue weighted by molar-refractivity contribution is 6.83. The minimum absolute atomic E-state index is 0.131. The lowest BCUT2D eigenvalue weighted by molar-refractivity contribution is 0.0726. The number of nitrogens with zero attached hydrogens (tertiary/aromatic N) is 5. The molecule has 2 aromatic heterocycles. The maximum absolute atomic E-state index is 13.0. The van der Waals surface area contributed by atoms with Crippen molar-refractivity contribution < 1.29 is 4.79 Å². The zero-order chi connectivity index (χ0) is 23.7. The first-order valence-corrected chi connectivity index (χ1v) is 15.2. The molecule has 0 saturated heterocycles. The maximum atomic E-state index is 13.0. The lowest BCUT2D eigenvalue weighted by Crippen LogP contribution is -2.37. The second-order valence-corrected chi connectivity index (χ2v) is 14.7. The Balaban J connectivity index is 1.22. The molecule has 1 aromatic carbocycles. The molecule has 34 heavy (non-hydrogen) atoms. The second-order valence-electron chi connectivity index (χ2n) is 9.96. The van der Waals surface area contributed by atoms with E-state index in [4.69, 9.17) is 4.98 Å². The van der Waals surface area contributed by atoms with Crippen molar-refractivity contribution in [3.63, 3.8) is 0 Å². The lowest BCUT2D eigenvalue weighted by atomic mass is 10.1. The van der Waals surface area contributed by atoms with Crippen molar-refractivity contribution in [2.24, 2.45) is 0 Å². The van der Waals surface area contributed by atoms with Crippen LogP contribution in [0.5, 0.6) is 0 Å². The van der Waals surface area contributed by atoms with Crippen molar-refractivity contribution in [3.05, 3.63) is 76.4 Å². The standard InChI is InChI=1S/C26H28N6OSi/c1-34(2,3)13-11-21-8-9-24(31-30-21)25(33)32-12-10-23-20(17-32)16-27-26(29-23)28-22-14-18-6-4-5-7-19(18)15-22/h4-9,16,22H,10,12,14-15,17H2,1-3H3,(H,27,28,29). The molecule has 0 atom stereocenters. The van der Waals surface area contributed by atoms with E-state index in [1.807, 2.05) is 6.20 Å². The molecule has 0 radical (unpaired) electrons. The number of fused-ring (bicyclic) bond motifs is 2. The van der Waals surface area contributed by atoms with Gasteiger partial charge in [-0.3, -0.25) is 4.79 Å². The predicted octanol–water partition coefficient (Wildman–Crippen LogP) is 3.27. The molecule has 2 aliphatic rings. The topological polar surface area (TPSA) is 83.9 Å². The third-order valence-corrected chi connectivity index (χ3v) is 6.93. The summed E-state index contributed by atoms with van der Waals surface area (Å²) in [5.41, 5.74) is 8.97. The summed E-state index contributed by atoms with van der Waals surface area (Å²) in [6.07, 6.45) is 4.51. The Morgan fingerprint density at radius 2 is 1.82 bits per heavy atom. The molecular formula is C26H28N6OSi. The average Bonchev–Trinajstić information content (AvgIpc) is 3.24. The number of benzene rings is 1. The highest BCUT2D eigenvalue weighted by atomic mass is 28.3. The Bertz CT molecular complexity index is 1260. The number of amides is 1. The van der Waals surface area contributed by atoms with Crippen LogP contribution in [0.2, 0.25) is 19.6 Å². The molecule has 1 amide bonds. The molecule has 0 saturated carbocycles. The van der Waals surface area contributed by atoms with Gasteiger partial charge in [-0.25, -0.2) is 9.97 Å². The minimum atomic E-state index is -1.49. The lowest BCUT2D eigenvalue weighted by Gasteiger charge is -2.28. The molecule has 3 aromatic rings. The quantitative estimate of drug-likeness (QED) is 0.469. The normalized spacial score (nSPS) is 15.2. The number of rotatable bonds is 3. The van der Waals surface area contributed by atoms with Crippen LogP contribution in [-0.2, 0) is 25.8 Å². The third-order valence-electron chi connectivity index (χ3n) is 6.05. The Hall–Kier alpha value is -3.57. The van der Waals surface area contributed by atoms with Gasteiger partial charge in [0.1, 0.15) is 13.8 Å². The first-order valence-electron chi connectivity index (χ1n) is 11.7. The molecule has 172 valence electrons. The number of nitrogens with one attached hydrogen (secondary N) is 1. The largest absolute Gasteiger partial charge is 0.351 e. The van der Waals surface area contributed by atoms with Crippen LogP contribution in [0.25, 0.3) is 0 Å². The van der Waals surface area contributed by atoms with Gasteiger partial charge in [0, 0.05) is 37.3 Å². The summed E-state index contributed by atoms with van der Waals surface area (Å²) >= 11 is 0. The Morgan fingerprint density at radius 1 is 1.06 bits per heavy atom. The van der Waals surface area contributed by atoms with Gasteiger partial charge in [-0.05, 0) is 36.1 Å². The van der Waals surface area contributed by atoms with Gasteiger partial charge in [-0.15, -0.1) is 15.7 Å². The number of anilines is 1. The average molecular weight is 469 g/mol. The zero-order valence-corrected chi connectivity index (χ0v) is 20.8. The monoisotopic (exact) mass is 468 g/mol. The molecule has 0 unspecified atom stereocenters. The van der Waals surface area contributed by atoms with Gasteiger partial charge in [0.15, 0.2) is 5.69 Å². The molecule has 0 spiro atoms. The van der Waals surface area contributed by atoms with Crippen LogP contribution in [0.1, 0.15) is 38.6 Å². The van der Waals surface area contributed by atoms with Crippen molar-refractivity contribution in [2.45, 2.75) is 51.5 Å². The fraction of sp³-hybridized carbons (Fsp3) is 0.346. The fourth-order valence-corrected chi connectivity index (χ4v) is 4.83. The van der Waals surface area contributed by atoms with Crippen molar-refractivity contribution >= 4 is 19.9 Å². The van der Waals surface area contributed by atoms with E-state index >= 15 is 0 Å². The molecule has 1 aliphatic heterocycles. The van der Waals surface area contributed by atoms with Crippen LogP contribution < -0.4 is 5.32 Å². The SMILES string of the molecule is C[Si](C)(C)C#Cc1ccc(C(=O)N2CCc3nc(NC4Cc5ccccc5C4)ncc3C2)nn1. The van der Waals surface area contributed by atoms with Gasteiger partial charge in [-0.2, -0.15) is 0 Å². The summed E-state index contributed by atoms with van der Waals surface area (Å²) < 4.78 is 0. The van der Waals surface area contributed by atoms with Crippen LogP contribution in [0.4, 0.5) is 5.95 Å². The molecular weight excluding hydrogens is 440 g/mol. The number of carbonyl (C=O) groups is 1. The summed E-state index contributed by atoms with van der Waals surface area (Å²) in [7, 11) is -1.49. The van der Waals surface area contributed by atoms with Crippen LogP contribution >= 0.6 is 0 Å². The summed E-state index contributed by atoms with van der Waals surface area (Å²) in [6.45, 7) is 7.60. The summed E-state index contributed by atoms with van der Waals surface area (Å²) in [5.74, 6) is 3.60. The molecule has 0 bridgehead atoms. The van der Waals surface area contributed by atoms with Crippen molar-refractivity contribution in [1.82, 2.24) is 25.1 Å². The molecule has 1 aliphatic carbocycles. The van der Waals surface area contributed by atoms with Gasteiger partial charge >= 0.3 is 0 Å². The minimum Gasteiger partial charge on any atom is -0.351 e. The van der Waals surface area contributed by atoms with Crippen molar-refractivity contribution in [2.75, 3.05) is 11.9 Å². The van der Waals surface area contributed by atoms with Crippen LogP contribution in [0.15, 0.2) is 42.6 Å². The van der Waals surface area contributed by atoms with Crippen LogP contribution in [0.3, 0.4) is 0 Å². The maximum Gasteiger partial charge on any atom is 0.274 e. The predicted molar refractivity (Wildman–Crippen MR) is 134 cm³/mol. The van der Waals surface area contributed by atoms with E-state index in [0.29, 0.717) is 42.9 Å². The van der Waals surface area contributed by atoms with E-state index in [9.17, 15) is 4.79 Å². The van der Waals surface area contributed by atoms with Gasteiger partial charge in [0.2, 0.25) is 5.95 Å². The Morgan fingerprint density at radius 3 is 2.50 bits per heavy atom. The number of carbonyl (C=O) groups excluding carboxylic acids is 1. The van der Waals surface area contributed by atoms with E-state index in [2.05, 4.69) is 75.9 Å². The number of hydrogen-bond acceptors (Lipinski definition) is 6. The van der Waals surface area contributed by atoms with Gasteiger partial charge in [0.05, 0.1) is 5.69 Å². The van der Waals surface area contributed by atoms with Gasteiger partial charge in [-0.1, -0.05) is 49.8 Å². The van der Waals surface area contributed by atoms with E-state index in [0.717, 1.165) is 24.1 Å². The van der Waals surface area contributed by atoms with Gasteiger partial charge in [0.25, 0.3) is 5.91 Å². The van der Waals surface area contributed by atoms with Gasteiger partial charge < -0.3 is 10.2 Å². The zero-order valence-electron chi connectivity index (χ0n) is 19.8. The molecule has 1 N–H and O–H groups in total. The molecule has 8 heteroatoms. The summed E-state index contributed by atoms with van der Waals surface area (Å²) in [5, 5.41) is 11.8. The fourth-order valence-electron chi connectivity index (χ4n) is 4.33. The first kappa shape index (κ1) is 22.2. The second kappa shape index (κ2) is 8.99. The van der Waals surface area contributed by atoms with E-state index in [-0.39, 0.29) is 5.91 Å². The Labute approximate surface area is 201 Å².